The van der Waals surface area contributed by atoms with Crippen molar-refractivity contribution in [1.29, 1.82) is 0 Å². The van der Waals surface area contributed by atoms with Crippen LogP contribution in [0.25, 0.3) is 0 Å². The highest BCUT2D eigenvalue weighted by Crippen LogP contribution is 2.64. The number of piperazine rings is 1. The summed E-state index contributed by atoms with van der Waals surface area (Å²) in [5, 5.41) is 6.26. The van der Waals surface area contributed by atoms with E-state index >= 15 is 0 Å². The SMILES string of the molecule is CN1CCN(C23CC(Nc4ncc(C(F)(F)F)c(NCCCN5C(=O)CN6CCC5CC6)n4)(C2)C3)CC1. The summed E-state index contributed by atoms with van der Waals surface area (Å²) in [7, 11) is 2.15. The van der Waals surface area contributed by atoms with Crippen LogP contribution in [0.5, 0.6) is 0 Å². The topological polar surface area (TPSA) is 79.9 Å². The van der Waals surface area contributed by atoms with E-state index < -0.39 is 11.7 Å². The van der Waals surface area contributed by atoms with Crippen molar-refractivity contribution in [2.45, 2.75) is 61.8 Å². The number of hydrogen-bond donors (Lipinski definition) is 2. The van der Waals surface area contributed by atoms with Gasteiger partial charge in [-0.2, -0.15) is 18.2 Å². The summed E-state index contributed by atoms with van der Waals surface area (Å²) < 4.78 is 41.0. The average molecular weight is 523 g/mol. The van der Waals surface area contributed by atoms with Gasteiger partial charge in [0.2, 0.25) is 11.9 Å². The third kappa shape index (κ3) is 4.76. The van der Waals surface area contributed by atoms with E-state index in [1.807, 2.05) is 4.90 Å². The summed E-state index contributed by atoms with van der Waals surface area (Å²) in [6.45, 7) is 7.45. The Morgan fingerprint density at radius 2 is 1.78 bits per heavy atom. The lowest BCUT2D eigenvalue weighted by atomic mass is 9.43. The quantitative estimate of drug-likeness (QED) is 0.502. The van der Waals surface area contributed by atoms with Crippen LogP contribution in [0.15, 0.2) is 6.20 Å². The van der Waals surface area contributed by atoms with Crippen molar-refractivity contribution in [3.8, 4) is 0 Å². The van der Waals surface area contributed by atoms with Gasteiger partial charge in [0.25, 0.3) is 0 Å². The highest BCUT2D eigenvalue weighted by molar-refractivity contribution is 5.79. The zero-order valence-electron chi connectivity index (χ0n) is 21.5. The van der Waals surface area contributed by atoms with Crippen molar-refractivity contribution in [3.63, 3.8) is 0 Å². The summed E-state index contributed by atoms with van der Waals surface area (Å²) >= 11 is 0. The van der Waals surface area contributed by atoms with E-state index in [9.17, 15) is 18.0 Å². The van der Waals surface area contributed by atoms with Gasteiger partial charge in [-0.1, -0.05) is 0 Å². The van der Waals surface area contributed by atoms with Gasteiger partial charge in [-0.15, -0.1) is 0 Å². The molecule has 1 aromatic heterocycles. The molecule has 37 heavy (non-hydrogen) atoms. The molecule has 0 spiro atoms. The number of anilines is 2. The van der Waals surface area contributed by atoms with Crippen molar-refractivity contribution >= 4 is 17.7 Å². The lowest BCUT2D eigenvalue weighted by Crippen LogP contribution is -2.82. The van der Waals surface area contributed by atoms with Gasteiger partial charge in [-0.05, 0) is 45.6 Å². The number of carbonyl (C=O) groups excluding carboxylic acids is 1. The summed E-state index contributed by atoms with van der Waals surface area (Å²) in [6, 6.07) is 0.244. The first-order valence-electron chi connectivity index (χ1n) is 13.6. The predicted octanol–water partition coefficient (Wildman–Crippen LogP) is 1.94. The number of carbonyl (C=O) groups is 1. The molecule has 7 fully saturated rings. The fourth-order valence-electron chi connectivity index (χ4n) is 7.14. The minimum atomic E-state index is -4.54. The average Bonchev–Trinajstić information content (AvgIpc) is 3.05. The first-order valence-corrected chi connectivity index (χ1v) is 13.6. The molecule has 0 aromatic carbocycles. The van der Waals surface area contributed by atoms with Gasteiger partial charge in [0.05, 0.1) is 6.54 Å². The van der Waals surface area contributed by atoms with Gasteiger partial charge in [0, 0.05) is 75.7 Å². The molecule has 7 aliphatic rings. The molecule has 4 aliphatic heterocycles. The minimum absolute atomic E-state index is 0.108. The number of fused-ring (bicyclic) bond motifs is 4. The number of rotatable bonds is 8. The highest BCUT2D eigenvalue weighted by Gasteiger charge is 2.70. The van der Waals surface area contributed by atoms with E-state index in [2.05, 4.69) is 42.3 Å². The number of halogens is 3. The first-order chi connectivity index (χ1) is 17.6. The Morgan fingerprint density at radius 3 is 2.46 bits per heavy atom. The van der Waals surface area contributed by atoms with Crippen LogP contribution >= 0.6 is 0 Å². The number of nitrogens with one attached hydrogen (secondary N) is 2. The summed E-state index contributed by atoms with van der Waals surface area (Å²) in [4.78, 5) is 29.9. The van der Waals surface area contributed by atoms with Gasteiger partial charge in [-0.25, -0.2) is 4.98 Å². The van der Waals surface area contributed by atoms with Crippen LogP contribution in [0.1, 0.15) is 44.1 Å². The van der Waals surface area contributed by atoms with Gasteiger partial charge in [-0.3, -0.25) is 14.6 Å². The fraction of sp³-hybridized carbons (Fsp3) is 0.800. The monoisotopic (exact) mass is 522 g/mol. The molecule has 8 rings (SSSR count). The zero-order valence-corrected chi connectivity index (χ0v) is 21.5. The molecule has 3 saturated carbocycles. The molecule has 9 nitrogen and oxygen atoms in total. The normalized spacial score (nSPS) is 34.1. The van der Waals surface area contributed by atoms with Crippen molar-refractivity contribution in [2.24, 2.45) is 0 Å². The number of aromatic nitrogens is 2. The second-order valence-electron chi connectivity index (χ2n) is 11.8. The lowest BCUT2D eigenvalue weighted by Gasteiger charge is -2.74. The van der Waals surface area contributed by atoms with Gasteiger partial charge in [0.1, 0.15) is 11.4 Å². The van der Waals surface area contributed by atoms with E-state index in [1.54, 1.807) is 0 Å². The zero-order chi connectivity index (χ0) is 25.8. The summed E-state index contributed by atoms with van der Waals surface area (Å²) in [5.41, 5.74) is -0.729. The smallest absolute Gasteiger partial charge is 0.369 e. The Labute approximate surface area is 215 Å². The second kappa shape index (κ2) is 9.23. The molecule has 5 heterocycles. The Bertz CT molecular complexity index is 1000. The van der Waals surface area contributed by atoms with Crippen molar-refractivity contribution < 1.29 is 18.0 Å². The molecule has 0 atom stereocenters. The molecule has 3 aliphatic carbocycles. The first kappa shape index (κ1) is 25.1. The number of alkyl halides is 3. The van der Waals surface area contributed by atoms with E-state index in [1.165, 1.54) is 0 Å². The second-order valence-corrected chi connectivity index (χ2v) is 11.8. The van der Waals surface area contributed by atoms with E-state index in [4.69, 9.17) is 0 Å². The standard InChI is InChI=1S/C25H37F3N8O/c1-33-9-11-35(12-10-33)24-15-23(16-24,17-24)32-22-30-13-19(25(26,27)28)21(31-22)29-5-2-6-36-18-3-7-34(8-4-18)14-20(36)37/h13,18H,2-12,14-17H2,1H3,(H2,29,30,31,32). The lowest BCUT2D eigenvalue weighted by molar-refractivity contribution is -0.160. The number of piperidine rings is 1. The third-order valence-electron chi connectivity index (χ3n) is 9.19. The van der Waals surface area contributed by atoms with Crippen molar-refractivity contribution in [1.82, 2.24) is 29.6 Å². The Hall–Kier alpha value is -2.18. The van der Waals surface area contributed by atoms with E-state index in [-0.39, 0.29) is 34.8 Å². The maximum Gasteiger partial charge on any atom is 0.421 e. The van der Waals surface area contributed by atoms with Crippen LogP contribution in [0.2, 0.25) is 0 Å². The summed E-state index contributed by atoms with van der Waals surface area (Å²) in [6.07, 6.45) is 1.79. The number of amides is 1. The molecule has 4 bridgehead atoms. The predicted molar refractivity (Wildman–Crippen MR) is 133 cm³/mol. The largest absolute Gasteiger partial charge is 0.421 e. The number of nitrogens with zero attached hydrogens (tertiary/aromatic N) is 6. The maximum absolute atomic E-state index is 13.7. The molecule has 204 valence electrons. The maximum atomic E-state index is 13.7. The van der Waals surface area contributed by atoms with Crippen LogP contribution in [0.4, 0.5) is 24.9 Å². The Balaban J connectivity index is 1.06. The molecule has 0 unspecified atom stereocenters. The molecule has 4 saturated heterocycles. The minimum Gasteiger partial charge on any atom is -0.369 e. The molecule has 2 N–H and O–H groups in total. The molecule has 1 amide bonds. The van der Waals surface area contributed by atoms with Gasteiger partial charge >= 0.3 is 6.18 Å². The molecule has 12 heteroatoms. The molecule has 1 aromatic rings. The van der Waals surface area contributed by atoms with Gasteiger partial charge in [0.15, 0.2) is 0 Å². The van der Waals surface area contributed by atoms with E-state index in [0.29, 0.717) is 26.1 Å². The molecular formula is C25H37F3N8O. The van der Waals surface area contributed by atoms with E-state index in [0.717, 1.165) is 77.6 Å². The van der Waals surface area contributed by atoms with Crippen LogP contribution in [0, 0.1) is 0 Å². The molecular weight excluding hydrogens is 485 g/mol. The third-order valence-corrected chi connectivity index (χ3v) is 9.19. The van der Waals surface area contributed by atoms with Crippen molar-refractivity contribution in [3.05, 3.63) is 11.8 Å². The Morgan fingerprint density at radius 1 is 1.08 bits per heavy atom. The number of hydrogen-bond acceptors (Lipinski definition) is 8. The van der Waals surface area contributed by atoms with Crippen LogP contribution in [0.3, 0.4) is 0 Å². The molecule has 0 radical (unpaired) electrons. The fourth-order valence-corrected chi connectivity index (χ4v) is 7.14. The van der Waals surface area contributed by atoms with Crippen LogP contribution in [-0.4, -0.2) is 119 Å². The van der Waals surface area contributed by atoms with Crippen LogP contribution in [-0.2, 0) is 11.0 Å². The van der Waals surface area contributed by atoms with Gasteiger partial charge < -0.3 is 20.4 Å². The highest BCUT2D eigenvalue weighted by atomic mass is 19.4. The summed E-state index contributed by atoms with van der Waals surface area (Å²) in [5.74, 6) is 0.174. The van der Waals surface area contributed by atoms with Crippen LogP contribution < -0.4 is 10.6 Å². The van der Waals surface area contributed by atoms with Crippen molar-refractivity contribution in [2.75, 3.05) is 76.6 Å². The number of likely N-dealkylation sites (N-methyl/N-ethyl adjacent to an activating group) is 1. The Kier molecular flexibility index (Phi) is 6.27.